The highest BCUT2D eigenvalue weighted by Gasteiger charge is 2.36. The monoisotopic (exact) mass is 536 g/mol. The molecule has 1 aliphatic carbocycles. The molecule has 0 unspecified atom stereocenters. The summed E-state index contributed by atoms with van der Waals surface area (Å²) in [4.78, 5) is 29.0. The van der Waals surface area contributed by atoms with Crippen LogP contribution in [0.5, 0.6) is 0 Å². The topological polar surface area (TPSA) is 100 Å². The number of rotatable bonds is 7. The Morgan fingerprint density at radius 2 is 1.82 bits per heavy atom. The largest absolute Gasteiger partial charge is 0.373 e. The van der Waals surface area contributed by atoms with Gasteiger partial charge in [-0.15, -0.1) is 0 Å². The number of anilines is 4. The minimum absolute atomic E-state index is 0.189. The first-order valence-electron chi connectivity index (χ1n) is 13.9. The Balaban J connectivity index is 1.35. The standard InChI is InChI=1S/C27H37FN10O/c1-34(2)24-16-29-26(31-25(24)35(3)21-9-7-13-37-12-6-5-8-22(21)37)30-20-15-23(38-27(39)36(4)32-33-38)18(14-19(20)28)17-10-11-17/h14-17,21-22H,5-13H2,1-4H3,(H,29,30,31)/t21-,22+/m0/s1. The summed E-state index contributed by atoms with van der Waals surface area (Å²) in [5.74, 6) is 0.908. The van der Waals surface area contributed by atoms with Gasteiger partial charge < -0.3 is 15.1 Å². The number of benzene rings is 1. The van der Waals surface area contributed by atoms with Crippen LogP contribution in [0.3, 0.4) is 0 Å². The van der Waals surface area contributed by atoms with E-state index in [9.17, 15) is 4.79 Å². The third kappa shape index (κ3) is 4.86. The molecular formula is C27H37FN10O. The number of aryl methyl sites for hydroxylation is 1. The van der Waals surface area contributed by atoms with E-state index >= 15 is 4.39 Å². The summed E-state index contributed by atoms with van der Waals surface area (Å²) in [5, 5.41) is 10.9. The second-order valence-electron chi connectivity index (χ2n) is 11.3. The molecule has 12 heteroatoms. The summed E-state index contributed by atoms with van der Waals surface area (Å²) >= 11 is 0. The lowest BCUT2D eigenvalue weighted by atomic mass is 9.88. The molecule has 0 amide bonds. The van der Waals surface area contributed by atoms with Gasteiger partial charge in [0.2, 0.25) is 5.95 Å². The molecule has 4 heterocycles. The van der Waals surface area contributed by atoms with Gasteiger partial charge >= 0.3 is 5.69 Å². The predicted molar refractivity (Wildman–Crippen MR) is 149 cm³/mol. The number of hydrogen-bond acceptors (Lipinski definition) is 9. The average molecular weight is 537 g/mol. The molecule has 3 fully saturated rings. The van der Waals surface area contributed by atoms with Gasteiger partial charge in [-0.3, -0.25) is 4.90 Å². The Hall–Kier alpha value is -3.54. The molecule has 208 valence electrons. The maximum atomic E-state index is 15.4. The number of nitrogens with one attached hydrogen (secondary N) is 1. The lowest BCUT2D eigenvalue weighted by Gasteiger charge is -2.48. The number of hydrogen-bond donors (Lipinski definition) is 1. The lowest BCUT2D eigenvalue weighted by Crippen LogP contribution is -2.56. The molecule has 3 aliphatic rings. The van der Waals surface area contributed by atoms with E-state index in [1.165, 1.54) is 49.5 Å². The van der Waals surface area contributed by atoms with Gasteiger partial charge in [0.05, 0.1) is 23.3 Å². The minimum Gasteiger partial charge on any atom is -0.373 e. The molecule has 6 rings (SSSR count). The molecule has 2 atom stereocenters. The van der Waals surface area contributed by atoms with E-state index in [4.69, 9.17) is 4.98 Å². The molecule has 1 N–H and O–H groups in total. The summed E-state index contributed by atoms with van der Waals surface area (Å²) in [6.07, 6.45) is 9.71. The summed E-state index contributed by atoms with van der Waals surface area (Å²) < 4.78 is 17.8. The fraction of sp³-hybridized carbons (Fsp3) is 0.593. The fourth-order valence-corrected chi connectivity index (χ4v) is 6.20. The Morgan fingerprint density at radius 1 is 1.03 bits per heavy atom. The predicted octanol–water partition coefficient (Wildman–Crippen LogP) is 3.04. The Labute approximate surface area is 227 Å². The quantitative estimate of drug-likeness (QED) is 0.488. The van der Waals surface area contributed by atoms with Crippen LogP contribution in [0.2, 0.25) is 0 Å². The SMILES string of the molecule is CN(C)c1cnc(Nc2cc(-n3nnn(C)c3=O)c(C3CC3)cc2F)nc1N(C)[C@H]1CCCN2CCCC[C@H]12. The van der Waals surface area contributed by atoms with Crippen molar-refractivity contribution in [3.05, 3.63) is 40.2 Å². The Kier molecular flexibility index (Phi) is 6.74. The summed E-state index contributed by atoms with van der Waals surface area (Å²) in [7, 11) is 7.63. The molecule has 0 bridgehead atoms. The van der Waals surface area contributed by atoms with Crippen molar-refractivity contribution < 1.29 is 4.39 Å². The third-order valence-electron chi connectivity index (χ3n) is 8.45. The van der Waals surface area contributed by atoms with Crippen molar-refractivity contribution in [3.63, 3.8) is 0 Å². The summed E-state index contributed by atoms with van der Waals surface area (Å²) in [5.41, 5.74) is 2.01. The zero-order chi connectivity index (χ0) is 27.3. The number of tetrazole rings is 1. The molecule has 3 aromatic rings. The molecule has 2 saturated heterocycles. The normalized spacial score (nSPS) is 21.5. The highest BCUT2D eigenvalue weighted by atomic mass is 19.1. The van der Waals surface area contributed by atoms with Gasteiger partial charge in [-0.25, -0.2) is 14.2 Å². The van der Waals surface area contributed by atoms with Crippen molar-refractivity contribution in [1.82, 2.24) is 34.7 Å². The van der Waals surface area contributed by atoms with Crippen molar-refractivity contribution in [2.75, 3.05) is 49.3 Å². The van der Waals surface area contributed by atoms with Gasteiger partial charge in [0.25, 0.3) is 0 Å². The molecule has 0 radical (unpaired) electrons. The summed E-state index contributed by atoms with van der Waals surface area (Å²) in [6.45, 7) is 2.33. The van der Waals surface area contributed by atoms with Crippen LogP contribution in [0.15, 0.2) is 23.1 Å². The molecule has 11 nitrogen and oxygen atoms in total. The van der Waals surface area contributed by atoms with Crippen LogP contribution < -0.4 is 20.8 Å². The number of likely N-dealkylation sites (N-methyl/N-ethyl adjacent to an activating group) is 1. The van der Waals surface area contributed by atoms with Crippen LogP contribution in [-0.4, -0.2) is 81.0 Å². The second kappa shape index (κ2) is 10.2. The van der Waals surface area contributed by atoms with Crippen LogP contribution in [0.4, 0.5) is 27.5 Å². The van der Waals surface area contributed by atoms with Crippen molar-refractivity contribution in [2.45, 2.75) is 62.9 Å². The fourth-order valence-electron chi connectivity index (χ4n) is 6.20. The molecule has 39 heavy (non-hydrogen) atoms. The third-order valence-corrected chi connectivity index (χ3v) is 8.45. The molecule has 0 spiro atoms. The highest BCUT2D eigenvalue weighted by Crippen LogP contribution is 2.44. The van der Waals surface area contributed by atoms with Crippen molar-refractivity contribution >= 4 is 23.1 Å². The van der Waals surface area contributed by atoms with Gasteiger partial charge in [0.15, 0.2) is 5.82 Å². The van der Waals surface area contributed by atoms with E-state index in [0.717, 1.165) is 41.0 Å². The second-order valence-corrected chi connectivity index (χ2v) is 11.3. The van der Waals surface area contributed by atoms with E-state index < -0.39 is 5.82 Å². The van der Waals surface area contributed by atoms with Gasteiger partial charge in [-0.1, -0.05) is 6.42 Å². The van der Waals surface area contributed by atoms with Crippen LogP contribution in [0, 0.1) is 5.82 Å². The van der Waals surface area contributed by atoms with Crippen molar-refractivity contribution in [2.24, 2.45) is 7.05 Å². The number of fused-ring (bicyclic) bond motifs is 1. The minimum atomic E-state index is -0.419. The van der Waals surface area contributed by atoms with Crippen molar-refractivity contribution in [3.8, 4) is 5.69 Å². The van der Waals surface area contributed by atoms with Crippen molar-refractivity contribution in [1.29, 1.82) is 0 Å². The zero-order valence-corrected chi connectivity index (χ0v) is 23.1. The maximum Gasteiger partial charge on any atom is 0.368 e. The molecule has 2 aliphatic heterocycles. The molecular weight excluding hydrogens is 499 g/mol. The van der Waals surface area contributed by atoms with Crippen LogP contribution in [0.25, 0.3) is 5.69 Å². The number of piperidine rings is 2. The highest BCUT2D eigenvalue weighted by molar-refractivity contribution is 5.69. The van der Waals surface area contributed by atoms with E-state index in [2.05, 4.69) is 37.6 Å². The Bertz CT molecular complexity index is 1410. The van der Waals surface area contributed by atoms with Crippen LogP contribution >= 0.6 is 0 Å². The first-order valence-corrected chi connectivity index (χ1v) is 13.9. The van der Waals surface area contributed by atoms with Gasteiger partial charge in [-0.05, 0) is 85.7 Å². The van der Waals surface area contributed by atoms with Gasteiger partial charge in [-0.2, -0.15) is 14.3 Å². The average Bonchev–Trinajstić information content (AvgIpc) is 3.73. The van der Waals surface area contributed by atoms with Crippen LogP contribution in [0.1, 0.15) is 56.4 Å². The van der Waals surface area contributed by atoms with E-state index in [1.807, 2.05) is 19.0 Å². The lowest BCUT2D eigenvalue weighted by molar-refractivity contribution is 0.0894. The molecule has 1 aromatic carbocycles. The van der Waals surface area contributed by atoms with Gasteiger partial charge in [0.1, 0.15) is 5.82 Å². The van der Waals surface area contributed by atoms with E-state index in [-0.39, 0.29) is 17.3 Å². The van der Waals surface area contributed by atoms with Gasteiger partial charge in [0, 0.05) is 40.3 Å². The number of nitrogens with zero attached hydrogens (tertiary/aromatic N) is 9. The first-order chi connectivity index (χ1) is 18.8. The smallest absolute Gasteiger partial charge is 0.368 e. The maximum absolute atomic E-state index is 15.4. The van der Waals surface area contributed by atoms with Crippen LogP contribution in [-0.2, 0) is 7.05 Å². The number of aromatic nitrogens is 6. The van der Waals surface area contributed by atoms with E-state index in [1.54, 1.807) is 19.3 Å². The zero-order valence-electron chi connectivity index (χ0n) is 23.1. The van der Waals surface area contributed by atoms with E-state index in [0.29, 0.717) is 23.7 Å². The summed E-state index contributed by atoms with van der Waals surface area (Å²) in [6, 6.07) is 3.98. The number of halogens is 1. The first kappa shape index (κ1) is 25.7. The Morgan fingerprint density at radius 3 is 2.54 bits per heavy atom. The molecule has 1 saturated carbocycles. The molecule has 2 aromatic heterocycles.